The van der Waals surface area contributed by atoms with Crippen molar-refractivity contribution in [1.82, 2.24) is 5.32 Å². The number of hydrogen-bond acceptors (Lipinski definition) is 3. The van der Waals surface area contributed by atoms with Crippen LogP contribution in [0.15, 0.2) is 0 Å². The summed E-state index contributed by atoms with van der Waals surface area (Å²) in [5, 5.41) is 3.25. The molecule has 1 aliphatic heterocycles. The second kappa shape index (κ2) is 5.35. The lowest BCUT2D eigenvalue weighted by molar-refractivity contribution is -0.148. The summed E-state index contributed by atoms with van der Waals surface area (Å²) in [5.41, 5.74) is 0. The highest BCUT2D eigenvalue weighted by atomic mass is 16.5. The summed E-state index contributed by atoms with van der Waals surface area (Å²) >= 11 is 0. The van der Waals surface area contributed by atoms with Gasteiger partial charge in [-0.3, -0.25) is 4.79 Å². The molecule has 0 amide bonds. The van der Waals surface area contributed by atoms with Crippen molar-refractivity contribution in [3.05, 3.63) is 0 Å². The average molecular weight is 199 g/mol. The van der Waals surface area contributed by atoms with E-state index in [2.05, 4.69) is 19.2 Å². The number of esters is 1. The van der Waals surface area contributed by atoms with Crippen LogP contribution in [-0.2, 0) is 9.53 Å². The predicted octanol–water partition coefficient (Wildman–Crippen LogP) is 1.43. The van der Waals surface area contributed by atoms with Gasteiger partial charge in [-0.1, -0.05) is 13.8 Å². The molecule has 1 heterocycles. The van der Waals surface area contributed by atoms with Gasteiger partial charge in [-0.05, 0) is 31.2 Å². The van der Waals surface area contributed by atoms with E-state index in [0.717, 1.165) is 25.9 Å². The summed E-state index contributed by atoms with van der Waals surface area (Å²) in [6.45, 7) is 6.22. The fourth-order valence-corrected chi connectivity index (χ4v) is 2.23. The Bertz CT molecular complexity index is 192. The fraction of sp³-hybridized carbons (Fsp3) is 0.909. The lowest BCUT2D eigenvalue weighted by Gasteiger charge is -2.31. The molecule has 0 aromatic carbocycles. The molecule has 2 unspecified atom stereocenters. The number of nitrogens with one attached hydrogen (secondary N) is 1. The van der Waals surface area contributed by atoms with Gasteiger partial charge in [-0.15, -0.1) is 0 Å². The summed E-state index contributed by atoms with van der Waals surface area (Å²) in [7, 11) is 1.48. The van der Waals surface area contributed by atoms with Gasteiger partial charge in [0.2, 0.25) is 0 Å². The first kappa shape index (κ1) is 11.5. The number of carbonyl (C=O) groups is 1. The van der Waals surface area contributed by atoms with Gasteiger partial charge in [0.1, 0.15) is 0 Å². The minimum absolute atomic E-state index is 0.0529. The highest BCUT2D eigenvalue weighted by molar-refractivity contribution is 5.73. The Morgan fingerprint density at radius 1 is 1.57 bits per heavy atom. The molecule has 1 saturated heterocycles. The van der Waals surface area contributed by atoms with E-state index in [1.165, 1.54) is 7.11 Å². The van der Waals surface area contributed by atoms with Crippen LogP contribution in [0.3, 0.4) is 0 Å². The molecule has 0 aliphatic carbocycles. The topological polar surface area (TPSA) is 38.3 Å². The lowest BCUT2D eigenvalue weighted by Crippen LogP contribution is -2.41. The van der Waals surface area contributed by atoms with Crippen molar-refractivity contribution in [2.45, 2.75) is 26.7 Å². The monoisotopic (exact) mass is 199 g/mol. The molecule has 0 radical (unpaired) electrons. The second-order valence-corrected chi connectivity index (χ2v) is 4.51. The normalized spacial score (nSPS) is 27.7. The number of rotatable bonds is 3. The molecule has 82 valence electrons. The Hall–Kier alpha value is -0.570. The van der Waals surface area contributed by atoms with Gasteiger partial charge < -0.3 is 10.1 Å². The molecule has 0 bridgehead atoms. The highest BCUT2D eigenvalue weighted by Crippen LogP contribution is 2.26. The van der Waals surface area contributed by atoms with Gasteiger partial charge in [0.15, 0.2) is 0 Å². The van der Waals surface area contributed by atoms with Crippen LogP contribution in [0.4, 0.5) is 0 Å². The van der Waals surface area contributed by atoms with E-state index in [4.69, 9.17) is 4.74 Å². The Balaban J connectivity index is 2.54. The van der Waals surface area contributed by atoms with Crippen LogP contribution in [0.5, 0.6) is 0 Å². The first-order chi connectivity index (χ1) is 6.65. The van der Waals surface area contributed by atoms with E-state index >= 15 is 0 Å². The van der Waals surface area contributed by atoms with Crippen molar-refractivity contribution >= 4 is 5.97 Å². The van der Waals surface area contributed by atoms with Gasteiger partial charge in [0, 0.05) is 6.54 Å². The summed E-state index contributed by atoms with van der Waals surface area (Å²) in [5.74, 6) is 1.17. The molecular weight excluding hydrogens is 178 g/mol. The molecule has 1 rings (SSSR count). The molecule has 0 spiro atoms. The molecule has 3 heteroatoms. The Morgan fingerprint density at radius 3 is 2.86 bits per heavy atom. The maximum atomic E-state index is 11.5. The maximum Gasteiger partial charge on any atom is 0.310 e. The van der Waals surface area contributed by atoms with Crippen LogP contribution in [0.2, 0.25) is 0 Å². The smallest absolute Gasteiger partial charge is 0.310 e. The Labute approximate surface area is 86.2 Å². The predicted molar refractivity (Wildman–Crippen MR) is 55.9 cm³/mol. The van der Waals surface area contributed by atoms with Crippen molar-refractivity contribution in [1.29, 1.82) is 0 Å². The van der Waals surface area contributed by atoms with Gasteiger partial charge >= 0.3 is 5.97 Å². The van der Waals surface area contributed by atoms with Crippen LogP contribution in [0.25, 0.3) is 0 Å². The summed E-state index contributed by atoms with van der Waals surface area (Å²) in [4.78, 5) is 11.5. The largest absolute Gasteiger partial charge is 0.469 e. The molecule has 0 aromatic heterocycles. The third kappa shape index (κ3) is 2.98. The van der Waals surface area contributed by atoms with Gasteiger partial charge in [-0.2, -0.15) is 0 Å². The van der Waals surface area contributed by atoms with Crippen LogP contribution in [-0.4, -0.2) is 26.2 Å². The molecule has 1 aliphatic rings. The first-order valence-corrected chi connectivity index (χ1v) is 5.43. The van der Waals surface area contributed by atoms with Crippen molar-refractivity contribution in [2.75, 3.05) is 20.2 Å². The molecule has 3 nitrogen and oxygen atoms in total. The van der Waals surface area contributed by atoms with Crippen LogP contribution in [0, 0.1) is 17.8 Å². The number of hydrogen-bond donors (Lipinski definition) is 1. The number of ether oxygens (including phenoxy) is 1. The van der Waals surface area contributed by atoms with E-state index in [9.17, 15) is 4.79 Å². The number of methoxy groups -OCH3 is 1. The zero-order valence-electron chi connectivity index (χ0n) is 9.38. The van der Waals surface area contributed by atoms with E-state index in [-0.39, 0.29) is 11.9 Å². The van der Waals surface area contributed by atoms with Gasteiger partial charge in [0.05, 0.1) is 13.0 Å². The van der Waals surface area contributed by atoms with Crippen molar-refractivity contribution < 1.29 is 9.53 Å². The molecule has 0 saturated carbocycles. The van der Waals surface area contributed by atoms with E-state index in [1.54, 1.807) is 0 Å². The minimum Gasteiger partial charge on any atom is -0.469 e. The Morgan fingerprint density at radius 2 is 2.29 bits per heavy atom. The molecule has 1 N–H and O–H groups in total. The SMILES string of the molecule is COC(=O)C1CNCCC1CC(C)C. The Kier molecular flexibility index (Phi) is 4.39. The zero-order chi connectivity index (χ0) is 10.6. The van der Waals surface area contributed by atoms with Crippen LogP contribution >= 0.6 is 0 Å². The number of carbonyl (C=O) groups excluding carboxylic acids is 1. The van der Waals surface area contributed by atoms with Crippen molar-refractivity contribution in [3.8, 4) is 0 Å². The molecule has 14 heavy (non-hydrogen) atoms. The third-order valence-electron chi connectivity index (χ3n) is 2.90. The summed E-state index contributed by atoms with van der Waals surface area (Å²) < 4.78 is 4.82. The van der Waals surface area contributed by atoms with Crippen molar-refractivity contribution in [3.63, 3.8) is 0 Å². The summed E-state index contributed by atoms with van der Waals surface area (Å²) in [6.07, 6.45) is 2.22. The maximum absolute atomic E-state index is 11.5. The molecule has 0 aromatic rings. The van der Waals surface area contributed by atoms with E-state index in [1.807, 2.05) is 0 Å². The fourth-order valence-electron chi connectivity index (χ4n) is 2.23. The number of piperidine rings is 1. The van der Waals surface area contributed by atoms with Crippen LogP contribution in [0.1, 0.15) is 26.7 Å². The average Bonchev–Trinajstić information content (AvgIpc) is 2.16. The molecule has 2 atom stereocenters. The van der Waals surface area contributed by atoms with E-state index < -0.39 is 0 Å². The lowest BCUT2D eigenvalue weighted by atomic mass is 9.81. The standard InChI is InChI=1S/C11H21NO2/c1-8(2)6-9-4-5-12-7-10(9)11(13)14-3/h8-10,12H,4-7H2,1-3H3. The van der Waals surface area contributed by atoms with Crippen molar-refractivity contribution in [2.24, 2.45) is 17.8 Å². The van der Waals surface area contributed by atoms with Gasteiger partial charge in [-0.25, -0.2) is 0 Å². The highest BCUT2D eigenvalue weighted by Gasteiger charge is 2.31. The van der Waals surface area contributed by atoms with E-state index in [0.29, 0.717) is 11.8 Å². The third-order valence-corrected chi connectivity index (χ3v) is 2.90. The zero-order valence-corrected chi connectivity index (χ0v) is 9.38. The summed E-state index contributed by atoms with van der Waals surface area (Å²) in [6, 6.07) is 0. The van der Waals surface area contributed by atoms with Gasteiger partial charge in [0.25, 0.3) is 0 Å². The second-order valence-electron chi connectivity index (χ2n) is 4.51. The molecule has 1 fully saturated rings. The molecular formula is C11H21NO2. The van der Waals surface area contributed by atoms with Crippen LogP contribution < -0.4 is 5.32 Å². The quantitative estimate of drug-likeness (QED) is 0.699. The minimum atomic E-state index is -0.0529. The first-order valence-electron chi connectivity index (χ1n) is 5.43.